The Balaban J connectivity index is 1.65. The number of benzene rings is 3. The van der Waals surface area contributed by atoms with Gasteiger partial charge in [-0.2, -0.15) is 0 Å². The number of amides is 1. The van der Waals surface area contributed by atoms with Crippen molar-refractivity contribution < 1.29 is 23.8 Å². The van der Waals surface area contributed by atoms with E-state index in [-0.39, 0.29) is 16.5 Å². The first-order chi connectivity index (χ1) is 17.4. The molecule has 182 valence electrons. The molecule has 1 saturated heterocycles. The van der Waals surface area contributed by atoms with E-state index in [2.05, 4.69) is 27.6 Å². The Morgan fingerprint density at radius 2 is 1.83 bits per heavy atom. The number of hydrogen-bond donors (Lipinski definition) is 1. The van der Waals surface area contributed by atoms with E-state index in [0.29, 0.717) is 33.7 Å². The number of Topliss-reactive ketones (excluding diaryl/α,β-unsaturated/α-hetero) is 1. The molecule has 5 rings (SSSR count). The van der Waals surface area contributed by atoms with E-state index in [4.69, 9.17) is 4.74 Å². The number of carbonyl (C=O) groups is 2. The molecular weight excluding hydrogens is 594 g/mol. The highest BCUT2D eigenvalue weighted by Gasteiger charge is 2.48. The van der Waals surface area contributed by atoms with E-state index < -0.39 is 23.5 Å². The first kappa shape index (κ1) is 24.4. The number of thiazole rings is 1. The number of ketones is 1. The van der Waals surface area contributed by atoms with Crippen molar-refractivity contribution in [3.05, 3.63) is 92.8 Å². The Labute approximate surface area is 224 Å². The van der Waals surface area contributed by atoms with Crippen molar-refractivity contribution >= 4 is 66.7 Å². The van der Waals surface area contributed by atoms with Crippen LogP contribution in [0.5, 0.6) is 5.75 Å². The Morgan fingerprint density at radius 1 is 1.11 bits per heavy atom. The van der Waals surface area contributed by atoms with Gasteiger partial charge in [0.2, 0.25) is 0 Å². The molecule has 1 unspecified atom stereocenters. The first-order valence-electron chi connectivity index (χ1n) is 11.2. The molecule has 1 aliphatic heterocycles. The number of rotatable bonds is 6. The molecule has 0 radical (unpaired) electrons. The van der Waals surface area contributed by atoms with Gasteiger partial charge in [0, 0.05) is 9.13 Å². The summed E-state index contributed by atoms with van der Waals surface area (Å²) in [6.07, 6.45) is 0.861. The second-order valence-corrected chi connectivity index (χ2v) is 10.5. The molecule has 0 saturated carbocycles. The average Bonchev–Trinajstić information content (AvgIpc) is 3.40. The Hall–Kier alpha value is -3.31. The number of ether oxygens (including phenoxy) is 1. The van der Waals surface area contributed by atoms with Crippen LogP contribution in [0.3, 0.4) is 0 Å². The number of aliphatic hydroxyl groups excluding tert-OH is 1. The number of aromatic nitrogens is 1. The molecule has 1 aliphatic rings. The molecule has 1 aromatic heterocycles. The lowest BCUT2D eigenvalue weighted by Crippen LogP contribution is -2.29. The molecule has 1 fully saturated rings. The highest BCUT2D eigenvalue weighted by molar-refractivity contribution is 14.1. The second kappa shape index (κ2) is 9.98. The Morgan fingerprint density at radius 3 is 2.53 bits per heavy atom. The highest BCUT2D eigenvalue weighted by Crippen LogP contribution is 2.44. The summed E-state index contributed by atoms with van der Waals surface area (Å²) in [7, 11) is 0. The zero-order valence-corrected chi connectivity index (χ0v) is 22.0. The Kier molecular flexibility index (Phi) is 6.76. The molecule has 1 amide bonds. The smallest absolute Gasteiger partial charge is 0.301 e. The van der Waals surface area contributed by atoms with Gasteiger partial charge in [-0.1, -0.05) is 30.4 Å². The number of carbonyl (C=O) groups excluding carboxylic acids is 2. The highest BCUT2D eigenvalue weighted by atomic mass is 127. The normalized spacial score (nSPS) is 17.2. The number of halogens is 2. The largest absolute Gasteiger partial charge is 0.507 e. The maximum Gasteiger partial charge on any atom is 0.301 e. The van der Waals surface area contributed by atoms with Crippen LogP contribution in [-0.4, -0.2) is 28.4 Å². The third-order valence-corrected chi connectivity index (χ3v) is 7.51. The van der Waals surface area contributed by atoms with Gasteiger partial charge in [-0.05, 0) is 89.2 Å². The summed E-state index contributed by atoms with van der Waals surface area (Å²) < 4.78 is 20.9. The lowest BCUT2D eigenvalue weighted by atomic mass is 9.95. The molecule has 1 atom stereocenters. The maximum atomic E-state index is 13.8. The fourth-order valence-electron chi connectivity index (χ4n) is 4.06. The zero-order valence-electron chi connectivity index (χ0n) is 19.1. The maximum absolute atomic E-state index is 13.8. The van der Waals surface area contributed by atoms with Crippen molar-refractivity contribution in [2.45, 2.75) is 19.4 Å². The molecular formula is C27H20FIN2O4S. The van der Waals surface area contributed by atoms with Crippen LogP contribution in [0.1, 0.15) is 30.5 Å². The third kappa shape index (κ3) is 4.48. The quantitative estimate of drug-likeness (QED) is 0.117. The lowest BCUT2D eigenvalue weighted by Gasteiger charge is -2.23. The fraction of sp³-hybridized carbons (Fsp3) is 0.148. The molecule has 1 N–H and O–H groups in total. The number of hydrogen-bond acceptors (Lipinski definition) is 6. The van der Waals surface area contributed by atoms with Gasteiger partial charge in [0.15, 0.2) is 5.13 Å². The first-order valence-corrected chi connectivity index (χ1v) is 13.1. The summed E-state index contributed by atoms with van der Waals surface area (Å²) in [6, 6.07) is 17.4. The van der Waals surface area contributed by atoms with Gasteiger partial charge in [0.25, 0.3) is 5.78 Å². The van der Waals surface area contributed by atoms with Crippen LogP contribution in [0.4, 0.5) is 9.52 Å². The molecule has 9 heteroatoms. The summed E-state index contributed by atoms with van der Waals surface area (Å²) in [4.78, 5) is 32.4. The van der Waals surface area contributed by atoms with Gasteiger partial charge in [-0.25, -0.2) is 9.37 Å². The predicted octanol–water partition coefficient (Wildman–Crippen LogP) is 6.46. The lowest BCUT2D eigenvalue weighted by molar-refractivity contribution is -0.132. The van der Waals surface area contributed by atoms with Crippen LogP contribution >= 0.6 is 33.9 Å². The van der Waals surface area contributed by atoms with Gasteiger partial charge < -0.3 is 9.84 Å². The molecule has 0 spiro atoms. The van der Waals surface area contributed by atoms with Crippen LogP contribution in [0.15, 0.2) is 72.3 Å². The molecule has 36 heavy (non-hydrogen) atoms. The van der Waals surface area contributed by atoms with Crippen molar-refractivity contribution in [3.63, 3.8) is 0 Å². The topological polar surface area (TPSA) is 79.7 Å². The third-order valence-electron chi connectivity index (χ3n) is 5.78. The van der Waals surface area contributed by atoms with Crippen LogP contribution in [-0.2, 0) is 9.59 Å². The number of fused-ring (bicyclic) bond motifs is 1. The van der Waals surface area contributed by atoms with Gasteiger partial charge in [-0.3, -0.25) is 14.5 Å². The van der Waals surface area contributed by atoms with Gasteiger partial charge >= 0.3 is 5.91 Å². The molecule has 4 aromatic rings. The molecule has 0 aliphatic carbocycles. The zero-order chi connectivity index (χ0) is 25.4. The molecule has 2 heterocycles. The molecule has 6 nitrogen and oxygen atoms in total. The van der Waals surface area contributed by atoms with Crippen molar-refractivity contribution in [3.8, 4) is 5.75 Å². The van der Waals surface area contributed by atoms with E-state index in [1.54, 1.807) is 24.3 Å². The van der Waals surface area contributed by atoms with Gasteiger partial charge in [0.1, 0.15) is 17.3 Å². The van der Waals surface area contributed by atoms with E-state index in [9.17, 15) is 19.1 Å². The SMILES string of the molecule is CCCOc1ccc(/C(O)=C2\C(=O)C(=O)N(c3nc4ccc(F)cc4s3)C2c2ccc(I)cc2)cc1. The standard InChI is InChI=1S/C27H20FIN2O4S/c1-2-13-35-19-10-5-16(6-11-19)24(32)22-23(15-3-8-18(29)9-4-15)31(26(34)25(22)33)27-30-20-12-7-17(28)14-21(20)36-27/h3-12,14,23,32H,2,13H2,1H3/b24-22+. The van der Waals surface area contributed by atoms with Crippen LogP contribution in [0, 0.1) is 9.39 Å². The summed E-state index contributed by atoms with van der Waals surface area (Å²) >= 11 is 3.29. The minimum atomic E-state index is -0.900. The summed E-state index contributed by atoms with van der Waals surface area (Å²) in [6.45, 7) is 2.57. The summed E-state index contributed by atoms with van der Waals surface area (Å²) in [5.74, 6) is -1.67. The van der Waals surface area contributed by atoms with Crippen molar-refractivity contribution in [1.29, 1.82) is 0 Å². The number of anilines is 1. The van der Waals surface area contributed by atoms with E-state index in [0.717, 1.165) is 21.3 Å². The second-order valence-electron chi connectivity index (χ2n) is 8.20. The van der Waals surface area contributed by atoms with Crippen LogP contribution in [0.2, 0.25) is 0 Å². The van der Waals surface area contributed by atoms with E-state index >= 15 is 0 Å². The monoisotopic (exact) mass is 614 g/mol. The minimum Gasteiger partial charge on any atom is -0.507 e. The molecule has 3 aromatic carbocycles. The van der Waals surface area contributed by atoms with E-state index in [1.807, 2.05) is 31.2 Å². The van der Waals surface area contributed by atoms with E-state index in [1.165, 1.54) is 23.1 Å². The average molecular weight is 614 g/mol. The van der Waals surface area contributed by atoms with Crippen molar-refractivity contribution in [1.82, 2.24) is 4.98 Å². The number of aliphatic hydroxyl groups is 1. The summed E-state index contributed by atoms with van der Waals surface area (Å²) in [5.41, 5.74) is 1.51. The van der Waals surface area contributed by atoms with Crippen molar-refractivity contribution in [2.24, 2.45) is 0 Å². The van der Waals surface area contributed by atoms with Gasteiger partial charge in [-0.15, -0.1) is 0 Å². The summed E-state index contributed by atoms with van der Waals surface area (Å²) in [5, 5.41) is 11.5. The van der Waals surface area contributed by atoms with Crippen LogP contribution in [0.25, 0.3) is 16.0 Å². The Bertz CT molecular complexity index is 1500. The predicted molar refractivity (Wildman–Crippen MR) is 146 cm³/mol. The van der Waals surface area contributed by atoms with Crippen molar-refractivity contribution in [2.75, 3.05) is 11.5 Å². The fourth-order valence-corrected chi connectivity index (χ4v) is 5.44. The number of nitrogens with zero attached hydrogens (tertiary/aromatic N) is 2. The van der Waals surface area contributed by atoms with Crippen LogP contribution < -0.4 is 9.64 Å². The van der Waals surface area contributed by atoms with Gasteiger partial charge in [0.05, 0.1) is 28.4 Å². The molecule has 0 bridgehead atoms. The minimum absolute atomic E-state index is 0.0335.